The molecule has 3 aromatic rings. The Bertz CT molecular complexity index is 952. The molecule has 26 heavy (non-hydrogen) atoms. The lowest BCUT2D eigenvalue weighted by Crippen LogP contribution is -2.15. The highest BCUT2D eigenvalue weighted by Gasteiger charge is 2.17. The maximum Gasteiger partial charge on any atom is 0.267 e. The second-order valence-electron chi connectivity index (χ2n) is 5.65. The Morgan fingerprint density at radius 2 is 1.85 bits per heavy atom. The number of amides is 1. The number of anilines is 2. The molecule has 0 saturated carbocycles. The summed E-state index contributed by atoms with van der Waals surface area (Å²) in [4.78, 5) is 18.2. The standard InChI is InChI=1S/C18H14ClF2N3OS/c1-24(2)16-13(20)7-10(8-14(16)21)23-17(25)15-9-22-18(26-15)11-5-3-4-6-12(11)19/h3-9H,1-2H3,(H,23,25). The number of benzene rings is 2. The predicted molar refractivity (Wildman–Crippen MR) is 101 cm³/mol. The Hall–Kier alpha value is -2.51. The average molecular weight is 394 g/mol. The first-order valence-electron chi connectivity index (χ1n) is 7.55. The van der Waals surface area contributed by atoms with Gasteiger partial charge in [-0.25, -0.2) is 13.8 Å². The topological polar surface area (TPSA) is 45.2 Å². The van der Waals surface area contributed by atoms with Gasteiger partial charge >= 0.3 is 0 Å². The van der Waals surface area contributed by atoms with Gasteiger partial charge in [0, 0.05) is 25.3 Å². The molecule has 0 saturated heterocycles. The van der Waals surface area contributed by atoms with Crippen LogP contribution < -0.4 is 10.2 Å². The van der Waals surface area contributed by atoms with Crippen molar-refractivity contribution in [3.8, 4) is 10.6 Å². The number of aromatic nitrogens is 1. The summed E-state index contributed by atoms with van der Waals surface area (Å²) in [5, 5.41) is 3.59. The number of halogens is 3. The van der Waals surface area contributed by atoms with E-state index in [-0.39, 0.29) is 11.4 Å². The molecule has 4 nitrogen and oxygen atoms in total. The van der Waals surface area contributed by atoms with Gasteiger partial charge < -0.3 is 10.2 Å². The number of thiazole rings is 1. The van der Waals surface area contributed by atoms with E-state index in [4.69, 9.17) is 11.6 Å². The fraction of sp³-hybridized carbons (Fsp3) is 0.111. The fourth-order valence-electron chi connectivity index (χ4n) is 2.40. The van der Waals surface area contributed by atoms with Gasteiger partial charge in [-0.3, -0.25) is 4.79 Å². The molecule has 134 valence electrons. The minimum absolute atomic E-state index is 0.0308. The van der Waals surface area contributed by atoms with Crippen LogP contribution in [0.4, 0.5) is 20.2 Å². The molecule has 1 amide bonds. The maximum absolute atomic E-state index is 14.0. The summed E-state index contributed by atoms with van der Waals surface area (Å²) < 4.78 is 28.1. The molecule has 0 radical (unpaired) electrons. The highest BCUT2D eigenvalue weighted by molar-refractivity contribution is 7.17. The van der Waals surface area contributed by atoms with Crippen LogP contribution in [0.3, 0.4) is 0 Å². The summed E-state index contributed by atoms with van der Waals surface area (Å²) >= 11 is 7.27. The van der Waals surface area contributed by atoms with Crippen molar-refractivity contribution in [1.29, 1.82) is 0 Å². The van der Waals surface area contributed by atoms with Gasteiger partial charge in [0.2, 0.25) is 0 Å². The number of hydrogen-bond donors (Lipinski definition) is 1. The van der Waals surface area contributed by atoms with Crippen LogP contribution in [0.5, 0.6) is 0 Å². The number of carbonyl (C=O) groups is 1. The smallest absolute Gasteiger partial charge is 0.267 e. The summed E-state index contributed by atoms with van der Waals surface area (Å²) in [7, 11) is 3.07. The van der Waals surface area contributed by atoms with E-state index in [1.54, 1.807) is 18.2 Å². The Morgan fingerprint density at radius 1 is 1.19 bits per heavy atom. The van der Waals surface area contributed by atoms with Crippen LogP contribution in [0.25, 0.3) is 10.6 Å². The van der Waals surface area contributed by atoms with E-state index in [2.05, 4.69) is 10.3 Å². The van der Waals surface area contributed by atoms with Crippen LogP contribution >= 0.6 is 22.9 Å². The van der Waals surface area contributed by atoms with Crippen molar-refractivity contribution in [1.82, 2.24) is 4.98 Å². The van der Waals surface area contributed by atoms with Gasteiger partial charge in [-0.15, -0.1) is 11.3 Å². The van der Waals surface area contributed by atoms with Crippen LogP contribution in [0.15, 0.2) is 42.6 Å². The van der Waals surface area contributed by atoms with Gasteiger partial charge in [0.1, 0.15) is 15.6 Å². The number of nitrogens with one attached hydrogen (secondary N) is 1. The van der Waals surface area contributed by atoms with E-state index in [0.29, 0.717) is 20.5 Å². The van der Waals surface area contributed by atoms with Crippen LogP contribution in [0.1, 0.15) is 9.67 Å². The molecule has 0 atom stereocenters. The lowest BCUT2D eigenvalue weighted by atomic mass is 10.2. The van der Waals surface area contributed by atoms with Gasteiger partial charge in [0.05, 0.1) is 11.2 Å². The molecule has 0 unspecified atom stereocenters. The summed E-state index contributed by atoms with van der Waals surface area (Å²) in [6.07, 6.45) is 1.40. The van der Waals surface area contributed by atoms with E-state index < -0.39 is 17.5 Å². The Labute approximate surface area is 158 Å². The first-order valence-corrected chi connectivity index (χ1v) is 8.74. The zero-order chi connectivity index (χ0) is 18.8. The molecule has 0 aliphatic rings. The SMILES string of the molecule is CN(C)c1c(F)cc(NC(=O)c2cnc(-c3ccccc3Cl)s2)cc1F. The summed E-state index contributed by atoms with van der Waals surface area (Å²) in [6, 6.07) is 9.30. The molecular formula is C18H14ClF2N3OS. The maximum atomic E-state index is 14.0. The predicted octanol–water partition coefficient (Wildman–Crippen LogP) is 5.06. The Morgan fingerprint density at radius 3 is 2.46 bits per heavy atom. The highest BCUT2D eigenvalue weighted by Crippen LogP contribution is 2.31. The molecule has 0 aliphatic carbocycles. The van der Waals surface area contributed by atoms with Crippen LogP contribution in [-0.4, -0.2) is 25.0 Å². The number of nitrogens with zero attached hydrogens (tertiary/aromatic N) is 2. The molecule has 3 rings (SSSR count). The molecule has 1 aromatic heterocycles. The molecule has 1 N–H and O–H groups in total. The minimum Gasteiger partial charge on any atom is -0.373 e. The van der Waals surface area contributed by atoms with Gasteiger partial charge in [-0.1, -0.05) is 29.8 Å². The Kier molecular flexibility index (Phi) is 5.20. The quantitative estimate of drug-likeness (QED) is 0.673. The highest BCUT2D eigenvalue weighted by atomic mass is 35.5. The number of rotatable bonds is 4. The number of hydrogen-bond acceptors (Lipinski definition) is 4. The molecule has 0 bridgehead atoms. The van der Waals surface area contributed by atoms with Crippen molar-refractivity contribution >= 4 is 40.2 Å². The summed E-state index contributed by atoms with van der Waals surface area (Å²) in [5.74, 6) is -2.02. The zero-order valence-electron chi connectivity index (χ0n) is 13.9. The fourth-order valence-corrected chi connectivity index (χ4v) is 3.53. The van der Waals surface area contributed by atoms with Gasteiger partial charge in [0.25, 0.3) is 5.91 Å². The second kappa shape index (κ2) is 7.39. The molecule has 8 heteroatoms. The lowest BCUT2D eigenvalue weighted by Gasteiger charge is -2.15. The van der Waals surface area contributed by atoms with E-state index in [1.165, 1.54) is 25.2 Å². The Balaban J connectivity index is 1.83. The van der Waals surface area contributed by atoms with Crippen molar-refractivity contribution in [3.05, 3.63) is 64.1 Å². The van der Waals surface area contributed by atoms with Crippen molar-refractivity contribution in [2.24, 2.45) is 0 Å². The van der Waals surface area contributed by atoms with Crippen molar-refractivity contribution < 1.29 is 13.6 Å². The van der Waals surface area contributed by atoms with E-state index in [0.717, 1.165) is 23.5 Å². The second-order valence-corrected chi connectivity index (χ2v) is 7.08. The first-order chi connectivity index (χ1) is 12.4. The molecule has 2 aromatic carbocycles. The molecular weight excluding hydrogens is 380 g/mol. The summed E-state index contributed by atoms with van der Waals surface area (Å²) in [6.45, 7) is 0. The van der Waals surface area contributed by atoms with Crippen molar-refractivity contribution in [2.75, 3.05) is 24.3 Å². The van der Waals surface area contributed by atoms with E-state index in [9.17, 15) is 13.6 Å². The van der Waals surface area contributed by atoms with Crippen LogP contribution in [0, 0.1) is 11.6 Å². The van der Waals surface area contributed by atoms with Gasteiger partial charge in [-0.05, 0) is 18.2 Å². The zero-order valence-corrected chi connectivity index (χ0v) is 15.5. The third kappa shape index (κ3) is 3.68. The molecule has 0 aliphatic heterocycles. The van der Waals surface area contributed by atoms with E-state index >= 15 is 0 Å². The van der Waals surface area contributed by atoms with Crippen molar-refractivity contribution in [3.63, 3.8) is 0 Å². The van der Waals surface area contributed by atoms with Crippen LogP contribution in [0.2, 0.25) is 5.02 Å². The van der Waals surface area contributed by atoms with Crippen LogP contribution in [-0.2, 0) is 0 Å². The van der Waals surface area contributed by atoms with Gasteiger partial charge in [-0.2, -0.15) is 0 Å². The lowest BCUT2D eigenvalue weighted by molar-refractivity contribution is 0.103. The van der Waals surface area contributed by atoms with Gasteiger partial charge in [0.15, 0.2) is 11.6 Å². The third-order valence-electron chi connectivity index (χ3n) is 3.56. The van der Waals surface area contributed by atoms with E-state index in [1.807, 2.05) is 6.07 Å². The first kappa shape index (κ1) is 18.3. The third-order valence-corrected chi connectivity index (χ3v) is 4.91. The molecule has 0 fully saturated rings. The average Bonchev–Trinajstić information content (AvgIpc) is 3.04. The van der Waals surface area contributed by atoms with Crippen molar-refractivity contribution in [2.45, 2.75) is 0 Å². The molecule has 0 spiro atoms. The minimum atomic E-state index is -0.758. The monoisotopic (exact) mass is 393 g/mol. The largest absolute Gasteiger partial charge is 0.373 e. The normalized spacial score (nSPS) is 10.7. The summed E-state index contributed by atoms with van der Waals surface area (Å²) in [5.41, 5.74) is 0.579. The number of carbonyl (C=O) groups excluding carboxylic acids is 1. The molecule has 1 heterocycles.